The smallest absolute Gasteiger partial charge is 0.0851 e. The summed E-state index contributed by atoms with van der Waals surface area (Å²) in [6, 6.07) is 0. The first-order valence-corrected chi connectivity index (χ1v) is 4.21. The molecule has 0 atom stereocenters. The Kier molecular flexibility index (Phi) is 11.5. The molecule has 0 heterocycles. The van der Waals surface area contributed by atoms with E-state index < -0.39 is 0 Å². The molecule has 0 aliphatic carbocycles. The molecule has 0 fully saturated rings. The first-order chi connectivity index (χ1) is 5.54. The monoisotopic (exact) mass is 172 g/mol. The van der Waals surface area contributed by atoms with Crippen molar-refractivity contribution in [2.75, 3.05) is 0 Å². The second-order valence-corrected chi connectivity index (χ2v) is 2.84. The molecule has 0 aromatic carbocycles. The highest BCUT2D eigenvalue weighted by atomic mass is 16.3. The van der Waals surface area contributed by atoms with E-state index in [9.17, 15) is 0 Å². The maximum Gasteiger partial charge on any atom is 0.0851 e. The van der Waals surface area contributed by atoms with E-state index in [1.807, 2.05) is 20.8 Å². The summed E-state index contributed by atoms with van der Waals surface area (Å²) in [7, 11) is 0. The predicted octanol–water partition coefficient (Wildman–Crippen LogP) is 3.57. The van der Waals surface area contributed by atoms with Crippen molar-refractivity contribution in [3.05, 3.63) is 24.2 Å². The Bertz CT molecular complexity index is 131. The van der Waals surface area contributed by atoms with Gasteiger partial charge in [-0.1, -0.05) is 20.8 Å². The van der Waals surface area contributed by atoms with E-state index in [0.717, 1.165) is 12.7 Å². The summed E-state index contributed by atoms with van der Waals surface area (Å²) in [6.07, 6.45) is 5.48. The highest BCUT2D eigenvalue weighted by Gasteiger charge is 1.77. The zero-order valence-electron chi connectivity index (χ0n) is 8.41. The van der Waals surface area contributed by atoms with Crippen LogP contribution in [0.3, 0.4) is 0 Å². The molecule has 0 saturated heterocycles. The molecule has 0 bridgehead atoms. The largest absolute Gasteiger partial charge is 0.516 e. The summed E-state index contributed by atoms with van der Waals surface area (Å²) in [5.74, 6) is 0.882. The third-order valence-electron chi connectivity index (χ3n) is 0.971. The molecule has 12 heavy (non-hydrogen) atoms. The number of hydrogen-bond donors (Lipinski definition) is 2. The van der Waals surface area contributed by atoms with Gasteiger partial charge in [-0.15, -0.1) is 0 Å². The van der Waals surface area contributed by atoms with E-state index in [2.05, 4.69) is 0 Å². The van der Waals surface area contributed by atoms with Crippen LogP contribution in [0.1, 0.15) is 34.1 Å². The first kappa shape index (κ1) is 13.7. The Morgan fingerprint density at radius 2 is 1.92 bits per heavy atom. The molecule has 0 saturated carbocycles. The second-order valence-electron chi connectivity index (χ2n) is 2.84. The van der Waals surface area contributed by atoms with Crippen molar-refractivity contribution in [3.63, 3.8) is 0 Å². The van der Waals surface area contributed by atoms with Crippen LogP contribution in [-0.4, -0.2) is 10.2 Å². The molecule has 0 rings (SSSR count). The lowest BCUT2D eigenvalue weighted by Crippen LogP contribution is -1.74. The molecule has 2 heteroatoms. The number of rotatable bonds is 2. The molecule has 72 valence electrons. The van der Waals surface area contributed by atoms with E-state index in [0.29, 0.717) is 11.7 Å². The molecule has 0 aromatic rings. The summed E-state index contributed by atoms with van der Waals surface area (Å²) in [5.41, 5.74) is 0. The molecule has 0 amide bonds. The Morgan fingerprint density at radius 3 is 1.92 bits per heavy atom. The Balaban J connectivity index is 0. The molecule has 0 spiro atoms. The third-order valence-corrected chi connectivity index (χ3v) is 0.971. The van der Waals surface area contributed by atoms with E-state index in [1.165, 1.54) is 0 Å². The maximum atomic E-state index is 8.41. The van der Waals surface area contributed by atoms with Crippen molar-refractivity contribution >= 4 is 0 Å². The minimum absolute atomic E-state index is 0.414. The van der Waals surface area contributed by atoms with Gasteiger partial charge in [-0.3, -0.25) is 0 Å². The highest BCUT2D eigenvalue weighted by Crippen LogP contribution is 1.89. The van der Waals surface area contributed by atoms with Gasteiger partial charge in [0.15, 0.2) is 0 Å². The number of allylic oxidation sites excluding steroid dienone is 3. The summed E-state index contributed by atoms with van der Waals surface area (Å²) in [5, 5.41) is 16.5. The summed E-state index contributed by atoms with van der Waals surface area (Å²) in [4.78, 5) is 0. The fourth-order valence-corrected chi connectivity index (χ4v) is 0.468. The van der Waals surface area contributed by atoms with Crippen LogP contribution in [0.15, 0.2) is 24.2 Å². The van der Waals surface area contributed by atoms with Gasteiger partial charge in [-0.2, -0.15) is 0 Å². The second kappa shape index (κ2) is 10.1. The van der Waals surface area contributed by atoms with Crippen molar-refractivity contribution in [1.29, 1.82) is 0 Å². The SMILES string of the molecule is CC(C)/C=C/O.CC/C=C(/C)O. The van der Waals surface area contributed by atoms with Crippen LogP contribution in [0, 0.1) is 5.92 Å². The van der Waals surface area contributed by atoms with Crippen LogP contribution in [-0.2, 0) is 0 Å². The van der Waals surface area contributed by atoms with E-state index in [4.69, 9.17) is 10.2 Å². The van der Waals surface area contributed by atoms with E-state index in [-0.39, 0.29) is 0 Å². The standard InChI is InChI=1S/2C5H10O/c1-5(2)3-4-6;1-3-4-5(2)6/h3-6H,1-2H3;4,6H,3H2,1-2H3/b4-3+;5-4-. The molecule has 0 radical (unpaired) electrons. The van der Waals surface area contributed by atoms with Gasteiger partial charge in [0, 0.05) is 0 Å². The van der Waals surface area contributed by atoms with Gasteiger partial charge in [0.2, 0.25) is 0 Å². The van der Waals surface area contributed by atoms with E-state index in [1.54, 1.807) is 19.1 Å². The summed E-state index contributed by atoms with van der Waals surface area (Å²) >= 11 is 0. The van der Waals surface area contributed by atoms with Gasteiger partial charge in [0.1, 0.15) is 0 Å². The van der Waals surface area contributed by atoms with Crippen LogP contribution >= 0.6 is 0 Å². The fraction of sp³-hybridized carbons (Fsp3) is 0.600. The molecule has 0 aromatic heterocycles. The molecule has 2 N–H and O–H groups in total. The first-order valence-electron chi connectivity index (χ1n) is 4.21. The van der Waals surface area contributed by atoms with Gasteiger partial charge in [-0.05, 0) is 31.4 Å². The summed E-state index contributed by atoms with van der Waals surface area (Å²) < 4.78 is 0. The molecular formula is C10H20O2. The Labute approximate surface area is 75.2 Å². The Hall–Kier alpha value is -0.920. The van der Waals surface area contributed by atoms with Crippen molar-refractivity contribution in [3.8, 4) is 0 Å². The van der Waals surface area contributed by atoms with Gasteiger partial charge in [0.05, 0.1) is 12.0 Å². The van der Waals surface area contributed by atoms with Crippen molar-refractivity contribution in [1.82, 2.24) is 0 Å². The minimum atomic E-state index is 0.414. The zero-order valence-corrected chi connectivity index (χ0v) is 8.41. The quantitative estimate of drug-likeness (QED) is 0.625. The van der Waals surface area contributed by atoms with Gasteiger partial charge < -0.3 is 10.2 Å². The van der Waals surface area contributed by atoms with Crippen LogP contribution in [0.4, 0.5) is 0 Å². The molecule has 2 nitrogen and oxygen atoms in total. The lowest BCUT2D eigenvalue weighted by atomic mass is 10.2. The summed E-state index contributed by atoms with van der Waals surface area (Å²) in [6.45, 7) is 7.67. The zero-order chi connectivity index (χ0) is 9.98. The van der Waals surface area contributed by atoms with Crippen LogP contribution in [0.25, 0.3) is 0 Å². The fourth-order valence-electron chi connectivity index (χ4n) is 0.468. The predicted molar refractivity (Wildman–Crippen MR) is 53.3 cm³/mol. The van der Waals surface area contributed by atoms with Crippen LogP contribution in [0.5, 0.6) is 0 Å². The molecular weight excluding hydrogens is 152 g/mol. The number of hydrogen-bond acceptors (Lipinski definition) is 2. The van der Waals surface area contributed by atoms with Crippen LogP contribution in [0.2, 0.25) is 0 Å². The molecule has 0 aliphatic heterocycles. The maximum absolute atomic E-state index is 8.41. The van der Waals surface area contributed by atoms with Crippen molar-refractivity contribution in [2.45, 2.75) is 34.1 Å². The van der Waals surface area contributed by atoms with Crippen molar-refractivity contribution in [2.24, 2.45) is 5.92 Å². The minimum Gasteiger partial charge on any atom is -0.516 e. The van der Waals surface area contributed by atoms with Gasteiger partial charge in [-0.25, -0.2) is 0 Å². The lowest BCUT2D eigenvalue weighted by Gasteiger charge is -1.86. The average molecular weight is 172 g/mol. The topological polar surface area (TPSA) is 40.5 Å². The highest BCUT2D eigenvalue weighted by molar-refractivity contribution is 4.83. The van der Waals surface area contributed by atoms with Gasteiger partial charge >= 0.3 is 0 Å². The van der Waals surface area contributed by atoms with E-state index >= 15 is 0 Å². The normalized spacial score (nSPS) is 11.6. The molecule has 0 unspecified atom stereocenters. The Morgan fingerprint density at radius 1 is 1.42 bits per heavy atom. The average Bonchev–Trinajstić information content (AvgIpc) is 1.87. The number of aliphatic hydroxyl groups is 2. The van der Waals surface area contributed by atoms with Crippen LogP contribution < -0.4 is 0 Å². The van der Waals surface area contributed by atoms with Gasteiger partial charge in [0.25, 0.3) is 0 Å². The lowest BCUT2D eigenvalue weighted by molar-refractivity contribution is 0.412. The van der Waals surface area contributed by atoms with Crippen molar-refractivity contribution < 1.29 is 10.2 Å². The molecule has 0 aliphatic rings. The number of aliphatic hydroxyl groups excluding tert-OH is 2. The third kappa shape index (κ3) is 23.0.